The predicted molar refractivity (Wildman–Crippen MR) is 140 cm³/mol. The second-order valence-electron chi connectivity index (χ2n) is 8.60. The molecule has 12 heteroatoms. The van der Waals surface area contributed by atoms with E-state index in [1.165, 1.54) is 13.0 Å². The summed E-state index contributed by atoms with van der Waals surface area (Å²) in [7, 11) is 0.945. The Morgan fingerprint density at radius 1 is 1.02 bits per heavy atom. The van der Waals surface area contributed by atoms with Gasteiger partial charge in [-0.1, -0.05) is 67.3 Å². The van der Waals surface area contributed by atoms with Crippen LogP contribution in [0.15, 0.2) is 61.2 Å². The second kappa shape index (κ2) is 13.1. The van der Waals surface area contributed by atoms with Crippen LogP contribution in [0, 0.1) is 5.92 Å². The molecular formula is C28H28N4O8. The van der Waals surface area contributed by atoms with Crippen molar-refractivity contribution in [1.82, 2.24) is 9.80 Å². The number of imide groups is 2. The molecule has 1 heterocycles. The molecule has 0 aromatic heterocycles. The van der Waals surface area contributed by atoms with E-state index >= 15 is 0 Å². The Bertz CT molecular complexity index is 1370. The lowest BCUT2D eigenvalue weighted by Gasteiger charge is -2.46. The molecule has 0 radical (unpaired) electrons. The van der Waals surface area contributed by atoms with Crippen LogP contribution < -0.4 is 0 Å². The predicted octanol–water partition coefficient (Wildman–Crippen LogP) is 3.38. The van der Waals surface area contributed by atoms with Crippen molar-refractivity contribution in [3.05, 3.63) is 83.4 Å². The van der Waals surface area contributed by atoms with Gasteiger partial charge in [-0.15, -0.1) is 0 Å². The minimum absolute atomic E-state index is 0.0380. The zero-order valence-electron chi connectivity index (χ0n) is 22.2. The van der Waals surface area contributed by atoms with Crippen LogP contribution in [0.2, 0.25) is 0 Å². The fourth-order valence-electron chi connectivity index (χ4n) is 4.49. The summed E-state index contributed by atoms with van der Waals surface area (Å²) < 4.78 is 15.2. The van der Waals surface area contributed by atoms with Crippen LogP contribution in [0.5, 0.6) is 0 Å². The monoisotopic (exact) mass is 548 g/mol. The zero-order valence-corrected chi connectivity index (χ0v) is 22.2. The van der Waals surface area contributed by atoms with Gasteiger partial charge in [0.1, 0.15) is 12.5 Å². The lowest BCUT2D eigenvalue weighted by Crippen LogP contribution is -2.65. The molecular weight excluding hydrogens is 520 g/mol. The van der Waals surface area contributed by atoms with Crippen LogP contribution in [0.4, 0.5) is 9.59 Å². The fourth-order valence-corrected chi connectivity index (χ4v) is 4.49. The minimum Gasteiger partial charge on any atom is -0.466 e. The Kier molecular flexibility index (Phi) is 9.66. The highest BCUT2D eigenvalue weighted by atomic mass is 16.6. The zero-order chi connectivity index (χ0) is 29.4. The van der Waals surface area contributed by atoms with Gasteiger partial charge in [0.15, 0.2) is 0 Å². The number of esters is 2. The smallest absolute Gasteiger partial charge is 0.463 e. The Morgan fingerprint density at radius 2 is 1.68 bits per heavy atom. The number of methoxy groups -OCH3 is 1. The summed E-state index contributed by atoms with van der Waals surface area (Å²) in [6.45, 7) is 6.53. The molecule has 3 rings (SSSR count). The maximum atomic E-state index is 13.9. The molecule has 208 valence electrons. The van der Waals surface area contributed by atoms with Gasteiger partial charge in [-0.2, -0.15) is 4.79 Å². The molecule has 1 aliphatic rings. The average Bonchev–Trinajstić information content (AvgIpc) is 2.96. The fraction of sp³-hybridized carbons (Fsp3) is 0.286. The molecule has 2 aromatic carbocycles. The summed E-state index contributed by atoms with van der Waals surface area (Å²) in [5.74, 6) is -4.93. The molecule has 2 aromatic rings. The first-order chi connectivity index (χ1) is 19.2. The van der Waals surface area contributed by atoms with E-state index in [0.29, 0.717) is 26.5 Å². The van der Waals surface area contributed by atoms with E-state index in [0.717, 1.165) is 7.11 Å². The normalized spacial score (nSPS) is 18.3. The van der Waals surface area contributed by atoms with Crippen LogP contribution in [0.1, 0.15) is 36.6 Å². The van der Waals surface area contributed by atoms with E-state index in [1.807, 2.05) is 0 Å². The third-order valence-electron chi connectivity index (χ3n) is 6.35. The van der Waals surface area contributed by atoms with Crippen LogP contribution in [0.25, 0.3) is 11.6 Å². The lowest BCUT2D eigenvalue weighted by molar-refractivity contribution is -0.156. The maximum Gasteiger partial charge on any atom is 0.463 e. The third-order valence-corrected chi connectivity index (χ3v) is 6.35. The van der Waals surface area contributed by atoms with Gasteiger partial charge in [-0.3, -0.25) is 9.59 Å². The standard InChI is InChI=1S/C28H28N4O8/c1-5-19-14-10-11-15-20(19)23-21(25(34)39-6-2)17(3)31(28(37)40-16-18-12-8-7-9-13-18)27(36)32(23)24(33)22(30-29)26(35)38-4/h5,7-15,17,21,23H,1,6,16H2,2-4H3. The first-order valence-electron chi connectivity index (χ1n) is 12.3. The Hall–Kier alpha value is -5.09. The highest BCUT2D eigenvalue weighted by molar-refractivity contribution is 6.62. The number of ether oxygens (including phenoxy) is 3. The Labute approximate surface area is 230 Å². The third kappa shape index (κ3) is 5.82. The van der Waals surface area contributed by atoms with E-state index in [-0.39, 0.29) is 13.2 Å². The first kappa shape index (κ1) is 29.5. The van der Waals surface area contributed by atoms with Crippen molar-refractivity contribution >= 4 is 41.8 Å². The summed E-state index contributed by atoms with van der Waals surface area (Å²) in [6.07, 6.45) is 0.307. The highest BCUT2D eigenvalue weighted by Crippen LogP contribution is 2.41. The van der Waals surface area contributed by atoms with Crippen molar-refractivity contribution in [3.63, 3.8) is 0 Å². The summed E-state index contributed by atoms with van der Waals surface area (Å²) in [5.41, 5.74) is 9.72. The molecule has 0 aliphatic carbocycles. The number of nitrogens with zero attached hydrogens (tertiary/aromatic N) is 4. The number of amides is 4. The average molecular weight is 549 g/mol. The van der Waals surface area contributed by atoms with Gasteiger partial charge in [0.05, 0.1) is 25.8 Å². The van der Waals surface area contributed by atoms with Crippen molar-refractivity contribution in [1.29, 1.82) is 0 Å². The molecule has 1 fully saturated rings. The molecule has 4 amide bonds. The summed E-state index contributed by atoms with van der Waals surface area (Å²) >= 11 is 0. The number of benzene rings is 2. The molecule has 40 heavy (non-hydrogen) atoms. The van der Waals surface area contributed by atoms with Gasteiger partial charge in [0.25, 0.3) is 0 Å². The van der Waals surface area contributed by atoms with Gasteiger partial charge in [-0.05, 0) is 30.5 Å². The summed E-state index contributed by atoms with van der Waals surface area (Å²) in [4.78, 5) is 70.4. The topological polar surface area (TPSA) is 156 Å². The Morgan fingerprint density at radius 3 is 2.27 bits per heavy atom. The van der Waals surface area contributed by atoms with Crippen LogP contribution in [0.3, 0.4) is 0 Å². The number of hydrogen-bond donors (Lipinski definition) is 0. The van der Waals surface area contributed by atoms with E-state index in [1.54, 1.807) is 61.5 Å². The number of hydrogen-bond acceptors (Lipinski definition) is 8. The molecule has 0 bridgehead atoms. The molecule has 0 N–H and O–H groups in total. The van der Waals surface area contributed by atoms with Gasteiger partial charge in [0, 0.05) is 0 Å². The van der Waals surface area contributed by atoms with Crippen LogP contribution in [-0.4, -0.2) is 70.0 Å². The molecule has 0 spiro atoms. The van der Waals surface area contributed by atoms with E-state index in [2.05, 4.69) is 16.1 Å². The molecule has 12 nitrogen and oxygen atoms in total. The highest BCUT2D eigenvalue weighted by Gasteiger charge is 2.57. The van der Waals surface area contributed by atoms with Gasteiger partial charge < -0.3 is 19.7 Å². The van der Waals surface area contributed by atoms with Gasteiger partial charge >= 0.3 is 35.7 Å². The van der Waals surface area contributed by atoms with Crippen LogP contribution in [-0.2, 0) is 35.2 Å². The lowest BCUT2D eigenvalue weighted by atomic mass is 9.81. The second-order valence-corrected chi connectivity index (χ2v) is 8.60. The van der Waals surface area contributed by atoms with Crippen molar-refractivity contribution in [3.8, 4) is 0 Å². The molecule has 0 saturated carbocycles. The van der Waals surface area contributed by atoms with Gasteiger partial charge in [0.2, 0.25) is 0 Å². The van der Waals surface area contributed by atoms with E-state index < -0.39 is 53.7 Å². The molecule has 3 atom stereocenters. The summed E-state index contributed by atoms with van der Waals surface area (Å²) in [6, 6.07) is 11.4. The van der Waals surface area contributed by atoms with Crippen molar-refractivity contribution in [2.45, 2.75) is 32.5 Å². The van der Waals surface area contributed by atoms with E-state index in [9.17, 15) is 29.5 Å². The SMILES string of the molecule is C=Cc1ccccc1C1C(C(=O)OCC)C(C)N(C(=O)OCc2ccccc2)C(=O)N1C(=O)C(=[N+]=[N-])C(=O)OC. The van der Waals surface area contributed by atoms with Crippen LogP contribution >= 0.6 is 0 Å². The minimum atomic E-state index is -1.41. The van der Waals surface area contributed by atoms with Gasteiger partial charge in [-0.25, -0.2) is 24.2 Å². The Balaban J connectivity index is 2.20. The van der Waals surface area contributed by atoms with Crippen molar-refractivity contribution in [2.75, 3.05) is 13.7 Å². The molecule has 1 saturated heterocycles. The molecule has 3 unspecified atom stereocenters. The number of rotatable bonds is 8. The van der Waals surface area contributed by atoms with Crippen molar-refractivity contribution in [2.24, 2.45) is 5.92 Å². The van der Waals surface area contributed by atoms with Crippen molar-refractivity contribution < 1.29 is 43.0 Å². The van der Waals surface area contributed by atoms with E-state index in [4.69, 9.17) is 9.47 Å². The maximum absolute atomic E-state index is 13.9. The number of urea groups is 1. The largest absolute Gasteiger partial charge is 0.466 e. The number of carbonyl (C=O) groups is 5. The summed E-state index contributed by atoms with van der Waals surface area (Å²) in [5, 5.41) is 0. The number of carbonyl (C=O) groups excluding carboxylic acids is 5. The molecule has 1 aliphatic heterocycles. The first-order valence-corrected chi connectivity index (χ1v) is 12.3. The quantitative estimate of drug-likeness (QED) is 0.121.